The number of rotatable bonds is 4. The largest absolute Gasteiger partial charge is 0.399 e. The summed E-state index contributed by atoms with van der Waals surface area (Å²) < 4.78 is 2.15. The highest BCUT2D eigenvalue weighted by Gasteiger charge is 2.17. The van der Waals surface area contributed by atoms with Gasteiger partial charge in [0.1, 0.15) is 0 Å². The highest BCUT2D eigenvalue weighted by Crippen LogP contribution is 2.28. The van der Waals surface area contributed by atoms with Crippen molar-refractivity contribution < 1.29 is 0 Å². The minimum atomic E-state index is 0.616. The van der Waals surface area contributed by atoms with Gasteiger partial charge in [0, 0.05) is 24.6 Å². The molecule has 4 heteroatoms. The van der Waals surface area contributed by atoms with Crippen LogP contribution >= 0.6 is 0 Å². The molecule has 0 saturated heterocycles. The van der Waals surface area contributed by atoms with Gasteiger partial charge in [0.15, 0.2) is 0 Å². The van der Waals surface area contributed by atoms with E-state index in [1.54, 1.807) is 0 Å². The molecule has 0 amide bonds. The average Bonchev–Trinajstić information content (AvgIpc) is 3.09. The predicted molar refractivity (Wildman–Crippen MR) is 82.7 cm³/mol. The molecule has 1 heterocycles. The molecular formula is C16H22N4. The molecule has 1 saturated carbocycles. The Morgan fingerprint density at radius 1 is 1.20 bits per heavy atom. The Labute approximate surface area is 120 Å². The van der Waals surface area contributed by atoms with Crippen LogP contribution in [0, 0.1) is 0 Å². The first kappa shape index (κ1) is 13.0. The first-order valence-corrected chi connectivity index (χ1v) is 7.33. The van der Waals surface area contributed by atoms with Crippen molar-refractivity contribution in [1.29, 1.82) is 0 Å². The van der Waals surface area contributed by atoms with Crippen molar-refractivity contribution in [3.8, 4) is 0 Å². The first-order valence-electron chi connectivity index (χ1n) is 7.33. The predicted octanol–water partition coefficient (Wildman–Crippen LogP) is 3.22. The van der Waals surface area contributed by atoms with Crippen LogP contribution in [0.25, 0.3) is 0 Å². The zero-order valence-electron chi connectivity index (χ0n) is 12.0. The zero-order valence-corrected chi connectivity index (χ0v) is 12.0. The average molecular weight is 270 g/mol. The maximum atomic E-state index is 5.72. The maximum Gasteiger partial charge on any atom is 0.0817 e. The summed E-state index contributed by atoms with van der Waals surface area (Å²) >= 11 is 0. The third-order valence-corrected chi connectivity index (χ3v) is 4.10. The molecule has 2 N–H and O–H groups in total. The quantitative estimate of drug-likeness (QED) is 0.868. The van der Waals surface area contributed by atoms with E-state index < -0.39 is 0 Å². The van der Waals surface area contributed by atoms with Crippen molar-refractivity contribution in [2.45, 2.75) is 38.3 Å². The van der Waals surface area contributed by atoms with Crippen LogP contribution in [0.3, 0.4) is 0 Å². The topological polar surface area (TPSA) is 47.1 Å². The van der Waals surface area contributed by atoms with E-state index in [1.807, 2.05) is 24.3 Å². The summed E-state index contributed by atoms with van der Waals surface area (Å²) in [6, 6.07) is 10.7. The Balaban J connectivity index is 1.66. The molecule has 0 aliphatic heterocycles. The second-order valence-electron chi connectivity index (χ2n) is 5.67. The summed E-state index contributed by atoms with van der Waals surface area (Å²) in [7, 11) is 2.08. The fourth-order valence-corrected chi connectivity index (χ4v) is 2.90. The molecule has 1 aliphatic carbocycles. The molecule has 1 fully saturated rings. The van der Waals surface area contributed by atoms with Gasteiger partial charge in [-0.25, -0.2) is 0 Å². The Kier molecular flexibility index (Phi) is 3.63. The van der Waals surface area contributed by atoms with E-state index in [0.29, 0.717) is 6.04 Å². The fourth-order valence-electron chi connectivity index (χ4n) is 2.90. The van der Waals surface area contributed by atoms with E-state index in [1.165, 1.54) is 25.7 Å². The van der Waals surface area contributed by atoms with E-state index in [-0.39, 0.29) is 0 Å². The summed E-state index contributed by atoms with van der Waals surface area (Å²) in [5, 5.41) is 4.73. The van der Waals surface area contributed by atoms with Crippen LogP contribution < -0.4 is 10.6 Å². The Morgan fingerprint density at radius 2 is 1.90 bits per heavy atom. The van der Waals surface area contributed by atoms with Crippen molar-refractivity contribution >= 4 is 11.4 Å². The van der Waals surface area contributed by atoms with Crippen LogP contribution in [0.1, 0.15) is 37.4 Å². The molecule has 1 aromatic heterocycles. The molecular weight excluding hydrogens is 248 g/mol. The molecule has 1 aliphatic rings. The van der Waals surface area contributed by atoms with Crippen molar-refractivity contribution in [1.82, 2.24) is 9.78 Å². The lowest BCUT2D eigenvalue weighted by atomic mass is 10.2. The number of hydrogen-bond acceptors (Lipinski definition) is 3. The molecule has 2 aromatic rings. The lowest BCUT2D eigenvalue weighted by molar-refractivity contribution is 0.463. The molecule has 0 bridgehead atoms. The summed E-state index contributed by atoms with van der Waals surface area (Å²) in [6.45, 7) is 0.823. The van der Waals surface area contributed by atoms with Gasteiger partial charge in [-0.1, -0.05) is 12.8 Å². The van der Waals surface area contributed by atoms with Gasteiger partial charge in [-0.2, -0.15) is 5.10 Å². The number of hydrogen-bond donors (Lipinski definition) is 1. The second kappa shape index (κ2) is 5.57. The van der Waals surface area contributed by atoms with Gasteiger partial charge in [0.25, 0.3) is 0 Å². The zero-order chi connectivity index (χ0) is 13.9. The maximum absolute atomic E-state index is 5.72. The molecule has 4 nitrogen and oxygen atoms in total. The number of nitrogens with two attached hydrogens (primary N) is 1. The monoisotopic (exact) mass is 270 g/mol. The van der Waals surface area contributed by atoms with E-state index >= 15 is 0 Å². The lowest BCUT2D eigenvalue weighted by Gasteiger charge is -2.18. The molecule has 3 rings (SSSR count). The van der Waals surface area contributed by atoms with Crippen molar-refractivity contribution in [2.24, 2.45) is 0 Å². The molecule has 106 valence electrons. The van der Waals surface area contributed by atoms with E-state index in [0.717, 1.165) is 23.6 Å². The summed E-state index contributed by atoms with van der Waals surface area (Å²) in [4.78, 5) is 2.20. The number of nitrogens with zero attached hydrogens (tertiary/aromatic N) is 3. The van der Waals surface area contributed by atoms with Crippen LogP contribution in [0.5, 0.6) is 0 Å². The van der Waals surface area contributed by atoms with Crippen LogP contribution in [0.4, 0.5) is 11.4 Å². The van der Waals surface area contributed by atoms with Crippen molar-refractivity contribution in [2.75, 3.05) is 17.7 Å². The van der Waals surface area contributed by atoms with E-state index in [2.05, 4.69) is 28.9 Å². The van der Waals surface area contributed by atoms with Crippen molar-refractivity contribution in [3.63, 3.8) is 0 Å². The van der Waals surface area contributed by atoms with Crippen LogP contribution in [-0.2, 0) is 6.54 Å². The minimum Gasteiger partial charge on any atom is -0.399 e. The van der Waals surface area contributed by atoms with E-state index in [4.69, 9.17) is 10.8 Å². The highest BCUT2D eigenvalue weighted by molar-refractivity contribution is 5.52. The van der Waals surface area contributed by atoms with E-state index in [9.17, 15) is 0 Å². The highest BCUT2D eigenvalue weighted by atomic mass is 15.3. The SMILES string of the molecule is CN(Cc1ccn(C2CCCC2)n1)c1ccc(N)cc1. The molecule has 1 aromatic carbocycles. The Morgan fingerprint density at radius 3 is 2.60 bits per heavy atom. The van der Waals surface area contributed by atoms with Crippen LogP contribution in [0.2, 0.25) is 0 Å². The smallest absolute Gasteiger partial charge is 0.0817 e. The molecule has 0 unspecified atom stereocenters. The van der Waals surface area contributed by atoms with Gasteiger partial charge in [0.2, 0.25) is 0 Å². The van der Waals surface area contributed by atoms with Gasteiger partial charge < -0.3 is 10.6 Å². The lowest BCUT2D eigenvalue weighted by Crippen LogP contribution is -2.17. The number of nitrogen functional groups attached to an aromatic ring is 1. The van der Waals surface area contributed by atoms with Crippen molar-refractivity contribution in [3.05, 3.63) is 42.2 Å². The number of anilines is 2. The number of aromatic nitrogens is 2. The second-order valence-corrected chi connectivity index (χ2v) is 5.67. The summed E-state index contributed by atoms with van der Waals surface area (Å²) in [5.41, 5.74) is 8.80. The molecule has 0 radical (unpaired) electrons. The third-order valence-electron chi connectivity index (χ3n) is 4.10. The molecule has 0 atom stereocenters. The van der Waals surface area contributed by atoms with Gasteiger partial charge in [-0.15, -0.1) is 0 Å². The normalized spacial score (nSPS) is 15.7. The number of benzene rings is 1. The Bertz CT molecular complexity index is 552. The van der Waals surface area contributed by atoms with Crippen LogP contribution in [0.15, 0.2) is 36.5 Å². The standard InChI is InChI=1S/C16H22N4/c1-19(15-8-6-13(17)7-9-15)12-14-10-11-20(18-14)16-4-2-3-5-16/h6-11,16H,2-5,12,17H2,1H3. The fraction of sp³-hybridized carbons (Fsp3) is 0.438. The Hall–Kier alpha value is -1.97. The van der Waals surface area contributed by atoms with Gasteiger partial charge >= 0.3 is 0 Å². The van der Waals surface area contributed by atoms with Gasteiger partial charge in [0.05, 0.1) is 18.3 Å². The minimum absolute atomic E-state index is 0.616. The van der Waals surface area contributed by atoms with Gasteiger partial charge in [-0.3, -0.25) is 4.68 Å². The van der Waals surface area contributed by atoms with Gasteiger partial charge in [-0.05, 0) is 43.2 Å². The summed E-state index contributed by atoms with van der Waals surface area (Å²) in [5.74, 6) is 0. The molecule has 0 spiro atoms. The summed E-state index contributed by atoms with van der Waals surface area (Å²) in [6.07, 6.45) is 7.35. The van der Waals surface area contributed by atoms with Crippen LogP contribution in [-0.4, -0.2) is 16.8 Å². The first-order chi connectivity index (χ1) is 9.72. The third kappa shape index (κ3) is 2.79. The molecule has 20 heavy (non-hydrogen) atoms.